The molecule has 1 amide bonds. The van der Waals surface area contributed by atoms with E-state index in [4.69, 9.17) is 4.74 Å². The molecule has 2 N–H and O–H groups in total. The van der Waals surface area contributed by atoms with E-state index in [-0.39, 0.29) is 11.8 Å². The molecular formula is C19H23N3O2. The molecule has 0 unspecified atom stereocenters. The van der Waals surface area contributed by atoms with Crippen molar-refractivity contribution in [3.8, 4) is 0 Å². The number of nitrogens with one attached hydrogen (secondary N) is 2. The van der Waals surface area contributed by atoms with Crippen LogP contribution in [0.25, 0.3) is 0 Å². The maximum Gasteiger partial charge on any atom is 0.228 e. The van der Waals surface area contributed by atoms with E-state index in [1.54, 1.807) is 6.20 Å². The lowest BCUT2D eigenvalue weighted by Gasteiger charge is -2.20. The molecule has 2 heterocycles. The average molecular weight is 325 g/mol. The summed E-state index contributed by atoms with van der Waals surface area (Å²) < 4.78 is 5.28. The van der Waals surface area contributed by atoms with Gasteiger partial charge in [0.2, 0.25) is 5.91 Å². The van der Waals surface area contributed by atoms with Crippen LogP contribution in [0.5, 0.6) is 0 Å². The maximum absolute atomic E-state index is 12.2. The van der Waals surface area contributed by atoms with E-state index in [0.29, 0.717) is 19.0 Å². The predicted molar refractivity (Wildman–Crippen MR) is 95.0 cm³/mol. The topological polar surface area (TPSA) is 63.2 Å². The number of amides is 1. The molecule has 0 aliphatic carbocycles. The van der Waals surface area contributed by atoms with Gasteiger partial charge in [0.25, 0.3) is 0 Å². The van der Waals surface area contributed by atoms with Crippen molar-refractivity contribution in [2.24, 2.45) is 5.92 Å². The third kappa shape index (κ3) is 4.80. The van der Waals surface area contributed by atoms with E-state index in [2.05, 4.69) is 27.8 Å². The number of pyridine rings is 1. The Hall–Kier alpha value is -2.40. The van der Waals surface area contributed by atoms with Crippen LogP contribution in [0.15, 0.2) is 48.7 Å². The number of hydrogen-bond acceptors (Lipinski definition) is 4. The van der Waals surface area contributed by atoms with Gasteiger partial charge < -0.3 is 15.4 Å². The van der Waals surface area contributed by atoms with Crippen LogP contribution in [0.4, 0.5) is 11.5 Å². The Balaban J connectivity index is 1.45. The zero-order chi connectivity index (χ0) is 16.6. The number of rotatable bonds is 6. The molecule has 0 spiro atoms. The Bertz CT molecular complexity index is 637. The minimum atomic E-state index is 0.0317. The monoisotopic (exact) mass is 325 g/mol. The van der Waals surface area contributed by atoms with Crippen LogP contribution >= 0.6 is 0 Å². The van der Waals surface area contributed by atoms with Gasteiger partial charge in [-0.3, -0.25) is 4.79 Å². The Labute approximate surface area is 142 Å². The number of carbonyl (C=O) groups is 1. The van der Waals surface area contributed by atoms with Gasteiger partial charge in [0.1, 0.15) is 5.82 Å². The summed E-state index contributed by atoms with van der Waals surface area (Å²) in [4.78, 5) is 16.5. The third-order valence-corrected chi connectivity index (χ3v) is 4.19. The molecule has 0 radical (unpaired) electrons. The van der Waals surface area contributed by atoms with Gasteiger partial charge in [0.05, 0.1) is 11.9 Å². The number of nitrogens with zero attached hydrogens (tertiary/aromatic N) is 1. The molecule has 1 aromatic carbocycles. The second kappa shape index (κ2) is 8.45. The molecule has 5 nitrogen and oxygen atoms in total. The van der Waals surface area contributed by atoms with Crippen molar-refractivity contribution >= 4 is 17.4 Å². The van der Waals surface area contributed by atoms with Gasteiger partial charge in [-0.05, 0) is 37.0 Å². The lowest BCUT2D eigenvalue weighted by molar-refractivity contribution is -0.122. The van der Waals surface area contributed by atoms with E-state index in [0.717, 1.165) is 31.5 Å². The largest absolute Gasteiger partial charge is 0.383 e. The summed E-state index contributed by atoms with van der Waals surface area (Å²) in [5.74, 6) is 0.667. The van der Waals surface area contributed by atoms with Crippen LogP contribution in [0, 0.1) is 5.92 Å². The van der Waals surface area contributed by atoms with Crippen molar-refractivity contribution in [2.45, 2.75) is 19.3 Å². The molecule has 0 bridgehead atoms. The van der Waals surface area contributed by atoms with Crippen molar-refractivity contribution in [1.82, 2.24) is 4.98 Å². The highest BCUT2D eigenvalue weighted by molar-refractivity contribution is 5.91. The summed E-state index contributed by atoms with van der Waals surface area (Å²) in [6.45, 7) is 2.17. The summed E-state index contributed by atoms with van der Waals surface area (Å²) in [5.41, 5.74) is 2.26. The van der Waals surface area contributed by atoms with Crippen LogP contribution in [-0.2, 0) is 16.0 Å². The van der Waals surface area contributed by atoms with Crippen molar-refractivity contribution in [2.75, 3.05) is 30.4 Å². The van der Waals surface area contributed by atoms with Crippen LogP contribution < -0.4 is 10.6 Å². The Morgan fingerprint density at radius 2 is 1.92 bits per heavy atom. The van der Waals surface area contributed by atoms with Gasteiger partial charge in [0, 0.05) is 25.7 Å². The van der Waals surface area contributed by atoms with Gasteiger partial charge >= 0.3 is 0 Å². The second-order valence-corrected chi connectivity index (χ2v) is 5.97. The van der Waals surface area contributed by atoms with Gasteiger partial charge in [-0.2, -0.15) is 0 Å². The minimum Gasteiger partial charge on any atom is -0.383 e. The number of benzene rings is 1. The molecule has 5 heteroatoms. The van der Waals surface area contributed by atoms with Crippen LogP contribution in [0.2, 0.25) is 0 Å². The van der Waals surface area contributed by atoms with Crippen molar-refractivity contribution in [3.63, 3.8) is 0 Å². The fourth-order valence-electron chi connectivity index (χ4n) is 2.76. The SMILES string of the molecule is O=C(Nc1ccc(NCCc2ccccc2)cn1)C1CCOCC1. The van der Waals surface area contributed by atoms with Crippen molar-refractivity contribution in [1.29, 1.82) is 0 Å². The molecule has 2 aromatic rings. The molecular weight excluding hydrogens is 302 g/mol. The Morgan fingerprint density at radius 3 is 2.62 bits per heavy atom. The molecule has 1 aliphatic rings. The zero-order valence-corrected chi connectivity index (χ0v) is 13.7. The predicted octanol–water partition coefficient (Wildman–Crippen LogP) is 3.10. The third-order valence-electron chi connectivity index (χ3n) is 4.19. The van der Waals surface area contributed by atoms with E-state index in [9.17, 15) is 4.79 Å². The molecule has 1 aliphatic heterocycles. The van der Waals surface area contributed by atoms with E-state index < -0.39 is 0 Å². The molecule has 3 rings (SSSR count). The van der Waals surface area contributed by atoms with Crippen molar-refractivity contribution in [3.05, 3.63) is 54.2 Å². The van der Waals surface area contributed by atoms with E-state index in [1.165, 1.54) is 5.56 Å². The number of carbonyl (C=O) groups excluding carboxylic acids is 1. The van der Waals surface area contributed by atoms with E-state index in [1.807, 2.05) is 30.3 Å². The number of ether oxygens (including phenoxy) is 1. The fourth-order valence-corrected chi connectivity index (χ4v) is 2.76. The fraction of sp³-hybridized carbons (Fsp3) is 0.368. The maximum atomic E-state index is 12.2. The average Bonchev–Trinajstić information content (AvgIpc) is 2.65. The van der Waals surface area contributed by atoms with Gasteiger partial charge in [-0.1, -0.05) is 30.3 Å². The van der Waals surface area contributed by atoms with Gasteiger partial charge in [-0.25, -0.2) is 4.98 Å². The first-order valence-corrected chi connectivity index (χ1v) is 8.44. The molecule has 0 saturated carbocycles. The van der Waals surface area contributed by atoms with Crippen LogP contribution in [0.3, 0.4) is 0 Å². The standard InChI is InChI=1S/C19H23N3O2/c23-19(16-9-12-24-13-10-16)22-18-7-6-17(14-21-18)20-11-8-15-4-2-1-3-5-15/h1-7,14,16,20H,8-13H2,(H,21,22,23). The molecule has 24 heavy (non-hydrogen) atoms. The first-order chi connectivity index (χ1) is 11.8. The molecule has 1 fully saturated rings. The van der Waals surface area contributed by atoms with Crippen LogP contribution in [-0.4, -0.2) is 30.6 Å². The summed E-state index contributed by atoms with van der Waals surface area (Å²) in [5, 5.41) is 6.23. The van der Waals surface area contributed by atoms with Gasteiger partial charge in [0.15, 0.2) is 0 Å². The Morgan fingerprint density at radius 1 is 1.12 bits per heavy atom. The highest BCUT2D eigenvalue weighted by Crippen LogP contribution is 2.17. The van der Waals surface area contributed by atoms with Crippen LogP contribution in [0.1, 0.15) is 18.4 Å². The van der Waals surface area contributed by atoms with Gasteiger partial charge in [-0.15, -0.1) is 0 Å². The summed E-state index contributed by atoms with van der Waals surface area (Å²) in [6, 6.07) is 14.1. The number of anilines is 2. The zero-order valence-electron chi connectivity index (χ0n) is 13.7. The summed E-state index contributed by atoms with van der Waals surface area (Å²) in [6.07, 6.45) is 4.28. The number of hydrogen-bond donors (Lipinski definition) is 2. The molecule has 126 valence electrons. The summed E-state index contributed by atoms with van der Waals surface area (Å²) in [7, 11) is 0. The minimum absolute atomic E-state index is 0.0317. The quantitative estimate of drug-likeness (QED) is 0.856. The second-order valence-electron chi connectivity index (χ2n) is 5.97. The highest BCUT2D eigenvalue weighted by atomic mass is 16.5. The first-order valence-electron chi connectivity index (χ1n) is 8.44. The lowest BCUT2D eigenvalue weighted by Crippen LogP contribution is -2.28. The van der Waals surface area contributed by atoms with Crippen molar-refractivity contribution < 1.29 is 9.53 Å². The first kappa shape index (κ1) is 16.5. The smallest absolute Gasteiger partial charge is 0.228 e. The molecule has 1 saturated heterocycles. The highest BCUT2D eigenvalue weighted by Gasteiger charge is 2.21. The Kier molecular flexibility index (Phi) is 5.80. The lowest BCUT2D eigenvalue weighted by atomic mass is 9.99. The summed E-state index contributed by atoms with van der Waals surface area (Å²) >= 11 is 0. The normalized spacial score (nSPS) is 15.0. The molecule has 1 aromatic heterocycles. The molecule has 0 atom stereocenters. The van der Waals surface area contributed by atoms with E-state index >= 15 is 0 Å². The number of aromatic nitrogens is 1.